The van der Waals surface area contributed by atoms with Crippen molar-refractivity contribution in [2.24, 2.45) is 7.05 Å². The molecule has 0 spiro atoms. The van der Waals surface area contributed by atoms with Crippen molar-refractivity contribution in [3.05, 3.63) is 35.3 Å². The molecule has 2 N–H and O–H groups in total. The number of nitrogen functional groups attached to an aromatic ring is 1. The normalized spacial score (nSPS) is 10.7. The highest BCUT2D eigenvalue weighted by molar-refractivity contribution is 5.38. The van der Waals surface area contributed by atoms with Crippen molar-refractivity contribution in [3.63, 3.8) is 0 Å². The van der Waals surface area contributed by atoms with E-state index >= 15 is 0 Å². The van der Waals surface area contributed by atoms with Crippen LogP contribution in [0.25, 0.3) is 0 Å². The van der Waals surface area contributed by atoms with Crippen LogP contribution in [-0.4, -0.2) is 19.5 Å². The van der Waals surface area contributed by atoms with Crippen molar-refractivity contribution in [1.29, 1.82) is 0 Å². The summed E-state index contributed by atoms with van der Waals surface area (Å²) in [4.78, 5) is 13.0. The number of imidazole rings is 1. The lowest BCUT2D eigenvalue weighted by molar-refractivity contribution is 0.805. The molecule has 2 aromatic heterocycles. The Balaban J connectivity index is 2.35. The number of hydrogen-bond donors (Lipinski definition) is 1. The van der Waals surface area contributed by atoms with E-state index in [9.17, 15) is 0 Å². The average molecular weight is 217 g/mol. The zero-order chi connectivity index (χ0) is 11.7. The quantitative estimate of drug-likeness (QED) is 0.814. The lowest BCUT2D eigenvalue weighted by atomic mass is 10.2. The summed E-state index contributed by atoms with van der Waals surface area (Å²) in [7, 11) is 1.95. The Morgan fingerprint density at radius 2 is 1.94 bits per heavy atom. The minimum absolute atomic E-state index is 0.492. The van der Waals surface area contributed by atoms with Crippen LogP contribution in [0.3, 0.4) is 0 Å². The van der Waals surface area contributed by atoms with Gasteiger partial charge in [0.2, 0.25) is 0 Å². The topological polar surface area (TPSA) is 69.6 Å². The minimum Gasteiger partial charge on any atom is -0.382 e. The molecule has 5 heteroatoms. The van der Waals surface area contributed by atoms with Crippen LogP contribution in [0.15, 0.2) is 12.4 Å². The molecule has 0 bridgehead atoms. The molecule has 5 nitrogen and oxygen atoms in total. The fourth-order valence-electron chi connectivity index (χ4n) is 1.51. The third kappa shape index (κ3) is 1.88. The van der Waals surface area contributed by atoms with E-state index in [1.165, 1.54) is 0 Å². The Labute approximate surface area is 94.4 Å². The second-order valence-electron chi connectivity index (χ2n) is 3.86. The predicted octanol–water partition coefficient (Wildman–Crippen LogP) is 1.000. The number of aryl methyl sites for hydroxylation is 3. The van der Waals surface area contributed by atoms with Gasteiger partial charge in [-0.2, -0.15) is 0 Å². The zero-order valence-electron chi connectivity index (χ0n) is 9.73. The van der Waals surface area contributed by atoms with Crippen molar-refractivity contribution in [3.8, 4) is 0 Å². The molecule has 0 amide bonds. The van der Waals surface area contributed by atoms with Crippen molar-refractivity contribution < 1.29 is 0 Å². The van der Waals surface area contributed by atoms with E-state index in [1.807, 2.05) is 31.7 Å². The monoisotopic (exact) mass is 217 g/mol. The second-order valence-corrected chi connectivity index (χ2v) is 3.86. The SMILES string of the molecule is Cc1nc(N)c(Cc2nccn2C)nc1C. The molecule has 0 aliphatic rings. The Hall–Kier alpha value is -1.91. The highest BCUT2D eigenvalue weighted by atomic mass is 15.0. The number of nitrogens with two attached hydrogens (primary N) is 1. The first kappa shape index (κ1) is 10.6. The smallest absolute Gasteiger partial charge is 0.145 e. The zero-order valence-corrected chi connectivity index (χ0v) is 9.73. The van der Waals surface area contributed by atoms with Crippen LogP contribution in [-0.2, 0) is 13.5 Å². The summed E-state index contributed by atoms with van der Waals surface area (Å²) in [6.45, 7) is 3.84. The van der Waals surface area contributed by atoms with E-state index in [1.54, 1.807) is 6.20 Å². The lowest BCUT2D eigenvalue weighted by Crippen LogP contribution is -2.08. The van der Waals surface area contributed by atoms with Gasteiger partial charge in [-0.15, -0.1) is 0 Å². The molecule has 2 heterocycles. The van der Waals surface area contributed by atoms with Crippen LogP contribution < -0.4 is 5.73 Å². The fourth-order valence-corrected chi connectivity index (χ4v) is 1.51. The third-order valence-corrected chi connectivity index (χ3v) is 2.66. The largest absolute Gasteiger partial charge is 0.382 e. The molecule has 0 saturated heterocycles. The number of aromatic nitrogens is 4. The minimum atomic E-state index is 0.492. The maximum Gasteiger partial charge on any atom is 0.145 e. The molecule has 0 saturated carbocycles. The Bertz CT molecular complexity index is 515. The van der Waals surface area contributed by atoms with E-state index in [2.05, 4.69) is 15.0 Å². The molecule has 16 heavy (non-hydrogen) atoms. The number of anilines is 1. The van der Waals surface area contributed by atoms with Crippen LogP contribution in [0, 0.1) is 13.8 Å². The molecule has 0 aliphatic carbocycles. The molecule has 2 aromatic rings. The summed E-state index contributed by atoms with van der Waals surface area (Å²) in [5.41, 5.74) is 8.43. The van der Waals surface area contributed by atoms with Gasteiger partial charge in [-0.05, 0) is 13.8 Å². The maximum absolute atomic E-state index is 5.85. The summed E-state index contributed by atoms with van der Waals surface area (Å²) >= 11 is 0. The first-order chi connectivity index (χ1) is 7.58. The molecular formula is C11H15N5. The number of rotatable bonds is 2. The van der Waals surface area contributed by atoms with Crippen molar-refractivity contribution in [2.45, 2.75) is 20.3 Å². The van der Waals surface area contributed by atoms with Crippen molar-refractivity contribution in [1.82, 2.24) is 19.5 Å². The third-order valence-electron chi connectivity index (χ3n) is 2.66. The fraction of sp³-hybridized carbons (Fsp3) is 0.364. The van der Waals surface area contributed by atoms with Crippen LogP contribution in [0.5, 0.6) is 0 Å². The molecule has 0 aliphatic heterocycles. The first-order valence-corrected chi connectivity index (χ1v) is 5.13. The highest BCUT2D eigenvalue weighted by Gasteiger charge is 2.09. The molecule has 0 aromatic carbocycles. The molecule has 0 atom stereocenters. The molecule has 0 fully saturated rings. The number of nitrogens with zero attached hydrogens (tertiary/aromatic N) is 4. The molecule has 0 unspecified atom stereocenters. The molecule has 0 radical (unpaired) electrons. The van der Waals surface area contributed by atoms with Crippen LogP contribution in [0.1, 0.15) is 22.9 Å². The average Bonchev–Trinajstić information content (AvgIpc) is 2.61. The summed E-state index contributed by atoms with van der Waals surface area (Å²) in [5, 5.41) is 0. The van der Waals surface area contributed by atoms with E-state index in [0.717, 1.165) is 22.9 Å². The molecule has 2 rings (SSSR count). The Morgan fingerprint density at radius 1 is 1.25 bits per heavy atom. The second kappa shape index (κ2) is 3.92. The van der Waals surface area contributed by atoms with Gasteiger partial charge in [-0.1, -0.05) is 0 Å². The molecule has 84 valence electrons. The van der Waals surface area contributed by atoms with Crippen molar-refractivity contribution in [2.75, 3.05) is 5.73 Å². The first-order valence-electron chi connectivity index (χ1n) is 5.13. The summed E-state index contributed by atoms with van der Waals surface area (Å²) in [6, 6.07) is 0. The van der Waals surface area contributed by atoms with Crippen LogP contribution in [0.4, 0.5) is 5.82 Å². The van der Waals surface area contributed by atoms with Gasteiger partial charge >= 0.3 is 0 Å². The Morgan fingerprint density at radius 3 is 2.56 bits per heavy atom. The Kier molecular flexibility index (Phi) is 2.60. The standard InChI is InChI=1S/C11H15N5/c1-7-8(2)15-11(12)9(14-7)6-10-13-4-5-16(10)3/h4-5H,6H2,1-3H3,(H2,12,15). The van der Waals surface area contributed by atoms with Gasteiger partial charge < -0.3 is 10.3 Å². The van der Waals surface area contributed by atoms with Gasteiger partial charge in [-0.25, -0.2) is 9.97 Å². The van der Waals surface area contributed by atoms with Gasteiger partial charge in [0.05, 0.1) is 23.5 Å². The van der Waals surface area contributed by atoms with Gasteiger partial charge in [0.1, 0.15) is 11.6 Å². The van der Waals surface area contributed by atoms with Gasteiger partial charge in [0.25, 0.3) is 0 Å². The predicted molar refractivity (Wildman–Crippen MR) is 61.9 cm³/mol. The van der Waals surface area contributed by atoms with Crippen LogP contribution >= 0.6 is 0 Å². The van der Waals surface area contributed by atoms with Gasteiger partial charge in [-0.3, -0.25) is 4.98 Å². The maximum atomic E-state index is 5.85. The summed E-state index contributed by atoms with van der Waals surface area (Å²) in [6.07, 6.45) is 4.28. The summed E-state index contributed by atoms with van der Waals surface area (Å²) < 4.78 is 1.95. The van der Waals surface area contributed by atoms with Crippen LogP contribution in [0.2, 0.25) is 0 Å². The summed E-state index contributed by atoms with van der Waals surface area (Å²) in [5.74, 6) is 1.43. The van der Waals surface area contributed by atoms with E-state index in [4.69, 9.17) is 5.73 Å². The van der Waals surface area contributed by atoms with E-state index in [0.29, 0.717) is 12.2 Å². The van der Waals surface area contributed by atoms with Gasteiger partial charge in [0, 0.05) is 19.4 Å². The van der Waals surface area contributed by atoms with Gasteiger partial charge in [0.15, 0.2) is 0 Å². The van der Waals surface area contributed by atoms with E-state index in [-0.39, 0.29) is 0 Å². The lowest BCUT2D eigenvalue weighted by Gasteiger charge is -2.07. The van der Waals surface area contributed by atoms with E-state index < -0.39 is 0 Å². The highest BCUT2D eigenvalue weighted by Crippen LogP contribution is 2.13. The van der Waals surface area contributed by atoms with Crippen molar-refractivity contribution >= 4 is 5.82 Å². The molecular weight excluding hydrogens is 202 g/mol. The number of hydrogen-bond acceptors (Lipinski definition) is 4.